The van der Waals surface area contributed by atoms with Gasteiger partial charge in [0.25, 0.3) is 5.56 Å². The van der Waals surface area contributed by atoms with Gasteiger partial charge in [-0.15, -0.1) is 0 Å². The van der Waals surface area contributed by atoms with Crippen molar-refractivity contribution in [2.75, 3.05) is 0 Å². The van der Waals surface area contributed by atoms with Crippen LogP contribution in [0.3, 0.4) is 0 Å². The lowest BCUT2D eigenvalue weighted by Crippen LogP contribution is -2.41. The number of pyridine rings is 1. The van der Waals surface area contributed by atoms with E-state index in [9.17, 15) is 4.79 Å². The summed E-state index contributed by atoms with van der Waals surface area (Å²) in [5, 5.41) is 0.791. The second kappa shape index (κ2) is 7.03. The van der Waals surface area contributed by atoms with Crippen LogP contribution < -0.4 is 11.0 Å². The normalized spacial score (nSPS) is 19.7. The maximum absolute atomic E-state index is 15.0. The van der Waals surface area contributed by atoms with Gasteiger partial charge in [-0.05, 0) is 106 Å². The standard InChI is InChI=1S/C26H29BFNO3/c1-15-11-20(27-31-25(3,4)26(5,6)32-27)16(2)22(12-15)29-10-9-18-13-19(17-7-8-17)14-21(28)23(18)24(29)30/h9-14,17H,7-8H2,1-6H3. The molecule has 2 fully saturated rings. The number of hydrogen-bond acceptors (Lipinski definition) is 3. The van der Waals surface area contributed by atoms with Crippen molar-refractivity contribution in [3.63, 3.8) is 0 Å². The van der Waals surface area contributed by atoms with Crippen LogP contribution in [0.4, 0.5) is 4.39 Å². The molecular formula is C26H29BFNO3. The number of aromatic nitrogens is 1. The van der Waals surface area contributed by atoms with Crippen LogP contribution in [0.2, 0.25) is 0 Å². The number of aryl methyl sites for hydroxylation is 1. The Kier molecular flexibility index (Phi) is 4.70. The molecule has 0 amide bonds. The van der Waals surface area contributed by atoms with Gasteiger partial charge in [-0.2, -0.15) is 0 Å². The molecule has 5 rings (SSSR count). The Balaban J connectivity index is 1.64. The number of benzene rings is 2. The Morgan fingerprint density at radius 2 is 1.69 bits per heavy atom. The molecule has 6 heteroatoms. The number of rotatable bonds is 3. The van der Waals surface area contributed by atoms with Crippen molar-refractivity contribution in [3.8, 4) is 5.69 Å². The van der Waals surface area contributed by atoms with Gasteiger partial charge in [0.1, 0.15) is 5.82 Å². The van der Waals surface area contributed by atoms with Crippen LogP contribution in [0, 0.1) is 19.7 Å². The van der Waals surface area contributed by atoms with Gasteiger partial charge < -0.3 is 9.31 Å². The Labute approximate surface area is 188 Å². The molecule has 32 heavy (non-hydrogen) atoms. The van der Waals surface area contributed by atoms with E-state index in [0.29, 0.717) is 17.0 Å². The first kappa shape index (κ1) is 21.4. The fraction of sp³-hybridized carbons (Fsp3) is 0.423. The van der Waals surface area contributed by atoms with E-state index in [1.165, 1.54) is 6.07 Å². The Bertz CT molecular complexity index is 1290. The molecule has 2 heterocycles. The maximum Gasteiger partial charge on any atom is 0.495 e. The minimum absolute atomic E-state index is 0.134. The first-order valence-electron chi connectivity index (χ1n) is 11.3. The predicted molar refractivity (Wildman–Crippen MR) is 127 cm³/mol. The van der Waals surface area contributed by atoms with E-state index in [0.717, 1.165) is 35.0 Å². The number of nitrogens with zero attached hydrogens (tertiary/aromatic N) is 1. The van der Waals surface area contributed by atoms with Gasteiger partial charge in [-0.25, -0.2) is 4.39 Å². The molecule has 0 atom stereocenters. The third-order valence-corrected chi connectivity index (χ3v) is 7.36. The van der Waals surface area contributed by atoms with Gasteiger partial charge in [0.05, 0.1) is 22.3 Å². The molecule has 1 aliphatic heterocycles. The number of fused-ring (bicyclic) bond motifs is 1. The van der Waals surface area contributed by atoms with E-state index in [4.69, 9.17) is 9.31 Å². The van der Waals surface area contributed by atoms with Gasteiger partial charge in [0.2, 0.25) is 0 Å². The minimum atomic E-state index is -0.535. The van der Waals surface area contributed by atoms with E-state index in [1.807, 2.05) is 65.8 Å². The van der Waals surface area contributed by atoms with Gasteiger partial charge in [0, 0.05) is 6.20 Å². The summed E-state index contributed by atoms with van der Waals surface area (Å²) in [5.41, 5.74) is 3.17. The largest absolute Gasteiger partial charge is 0.495 e. The first-order valence-corrected chi connectivity index (χ1v) is 11.3. The summed E-state index contributed by atoms with van der Waals surface area (Å²) in [6.45, 7) is 12.0. The van der Waals surface area contributed by atoms with Crippen LogP contribution >= 0.6 is 0 Å². The van der Waals surface area contributed by atoms with Gasteiger partial charge in [-0.3, -0.25) is 9.36 Å². The molecule has 4 nitrogen and oxygen atoms in total. The molecule has 0 radical (unpaired) electrons. The topological polar surface area (TPSA) is 40.5 Å². The zero-order valence-electron chi connectivity index (χ0n) is 19.6. The number of hydrogen-bond donors (Lipinski definition) is 0. The zero-order valence-corrected chi connectivity index (χ0v) is 19.6. The van der Waals surface area contributed by atoms with Crippen LogP contribution in [0.5, 0.6) is 0 Å². The molecule has 0 spiro atoms. The third-order valence-electron chi connectivity index (χ3n) is 7.36. The van der Waals surface area contributed by atoms with E-state index in [1.54, 1.807) is 10.8 Å². The van der Waals surface area contributed by atoms with Crippen molar-refractivity contribution in [1.29, 1.82) is 0 Å². The summed E-state index contributed by atoms with van der Waals surface area (Å²) in [4.78, 5) is 13.4. The summed E-state index contributed by atoms with van der Waals surface area (Å²) >= 11 is 0. The third kappa shape index (κ3) is 3.32. The summed E-state index contributed by atoms with van der Waals surface area (Å²) in [5.74, 6) is -0.0157. The highest BCUT2D eigenvalue weighted by atomic mass is 19.1. The molecule has 3 aromatic rings. The lowest BCUT2D eigenvalue weighted by atomic mass is 9.75. The van der Waals surface area contributed by atoms with Crippen molar-refractivity contribution < 1.29 is 13.7 Å². The summed E-state index contributed by atoms with van der Waals surface area (Å²) < 4.78 is 29.1. The molecule has 1 aromatic heterocycles. The van der Waals surface area contributed by atoms with Crippen molar-refractivity contribution in [2.45, 2.75) is 71.5 Å². The Morgan fingerprint density at radius 3 is 2.31 bits per heavy atom. The van der Waals surface area contributed by atoms with Crippen LogP contribution in [0.1, 0.15) is 63.1 Å². The monoisotopic (exact) mass is 433 g/mol. The fourth-order valence-electron chi connectivity index (χ4n) is 4.52. The average molecular weight is 433 g/mol. The molecule has 2 aromatic carbocycles. The first-order chi connectivity index (χ1) is 15.0. The molecule has 0 N–H and O–H groups in total. The summed E-state index contributed by atoms with van der Waals surface area (Å²) in [6, 6.07) is 9.32. The van der Waals surface area contributed by atoms with Gasteiger partial charge in [0.15, 0.2) is 0 Å². The highest BCUT2D eigenvalue weighted by molar-refractivity contribution is 6.62. The highest BCUT2D eigenvalue weighted by Gasteiger charge is 2.52. The quantitative estimate of drug-likeness (QED) is 0.551. The molecule has 0 bridgehead atoms. The van der Waals surface area contributed by atoms with Gasteiger partial charge >= 0.3 is 7.12 Å². The SMILES string of the molecule is Cc1cc(B2OC(C)(C)C(C)(C)O2)c(C)c(-n2ccc3cc(C4CC4)cc(F)c3c2=O)c1. The van der Waals surface area contributed by atoms with Crippen LogP contribution in [0.25, 0.3) is 16.5 Å². The van der Waals surface area contributed by atoms with Crippen LogP contribution in [-0.4, -0.2) is 22.9 Å². The van der Waals surface area contributed by atoms with E-state index in [2.05, 4.69) is 0 Å². The van der Waals surface area contributed by atoms with Crippen LogP contribution in [0.15, 0.2) is 41.3 Å². The van der Waals surface area contributed by atoms with Gasteiger partial charge in [-0.1, -0.05) is 12.1 Å². The fourth-order valence-corrected chi connectivity index (χ4v) is 4.52. The maximum atomic E-state index is 15.0. The second-order valence-corrected chi connectivity index (χ2v) is 10.3. The van der Waals surface area contributed by atoms with Crippen molar-refractivity contribution in [3.05, 3.63) is 69.4 Å². The van der Waals surface area contributed by atoms with Crippen molar-refractivity contribution >= 4 is 23.4 Å². The molecule has 1 saturated heterocycles. The Hall–Kier alpha value is -2.44. The molecule has 1 saturated carbocycles. The smallest absolute Gasteiger partial charge is 0.399 e. The molecular weight excluding hydrogens is 404 g/mol. The molecule has 1 aliphatic carbocycles. The Morgan fingerprint density at radius 1 is 1.03 bits per heavy atom. The zero-order chi connectivity index (χ0) is 23.0. The second-order valence-electron chi connectivity index (χ2n) is 10.3. The number of halogens is 1. The van der Waals surface area contributed by atoms with E-state index in [-0.39, 0.29) is 10.9 Å². The highest BCUT2D eigenvalue weighted by Crippen LogP contribution is 2.41. The summed E-state index contributed by atoms with van der Waals surface area (Å²) in [6.07, 6.45) is 3.93. The minimum Gasteiger partial charge on any atom is -0.399 e. The molecule has 2 aliphatic rings. The average Bonchev–Trinajstić information content (AvgIpc) is 3.51. The lowest BCUT2D eigenvalue weighted by molar-refractivity contribution is 0.00578. The lowest BCUT2D eigenvalue weighted by Gasteiger charge is -2.32. The molecule has 0 unspecified atom stereocenters. The van der Waals surface area contributed by atoms with E-state index < -0.39 is 24.1 Å². The predicted octanol–water partition coefficient (Wildman–Crippen LogP) is 4.92. The van der Waals surface area contributed by atoms with E-state index >= 15 is 4.39 Å². The van der Waals surface area contributed by atoms with Crippen LogP contribution in [-0.2, 0) is 9.31 Å². The van der Waals surface area contributed by atoms with Crippen molar-refractivity contribution in [1.82, 2.24) is 4.57 Å². The van der Waals surface area contributed by atoms with Crippen molar-refractivity contribution in [2.24, 2.45) is 0 Å². The molecule has 166 valence electrons. The summed E-state index contributed by atoms with van der Waals surface area (Å²) in [7, 11) is -0.535.